The third kappa shape index (κ3) is 6.12. The van der Waals surface area contributed by atoms with Crippen LogP contribution in [0.1, 0.15) is 25.7 Å². The summed E-state index contributed by atoms with van der Waals surface area (Å²) in [4.78, 5) is 6.40. The molecule has 0 aromatic rings. The lowest BCUT2D eigenvalue weighted by Crippen LogP contribution is -2.49. The molecule has 1 atom stereocenters. The van der Waals surface area contributed by atoms with Crippen LogP contribution in [-0.2, 0) is 4.74 Å². The minimum Gasteiger partial charge on any atom is -0.374 e. The van der Waals surface area contributed by atoms with E-state index in [1.165, 1.54) is 0 Å². The topological polar surface area (TPSA) is 48.9 Å². The van der Waals surface area contributed by atoms with E-state index < -0.39 is 12.1 Å². The van der Waals surface area contributed by atoms with Crippen molar-refractivity contribution in [2.75, 3.05) is 46.9 Å². The van der Waals surface area contributed by atoms with Crippen LogP contribution in [0.2, 0.25) is 0 Å². The molecule has 5 nitrogen and oxygen atoms in total. The van der Waals surface area contributed by atoms with E-state index in [2.05, 4.69) is 27.6 Å². The lowest BCUT2D eigenvalue weighted by molar-refractivity contribution is -0.183. The molecule has 0 aromatic carbocycles. The summed E-state index contributed by atoms with van der Waals surface area (Å²) in [6.07, 6.45) is -2.20. The molecule has 1 aliphatic heterocycles. The van der Waals surface area contributed by atoms with Crippen LogP contribution in [0.3, 0.4) is 0 Å². The van der Waals surface area contributed by atoms with Crippen molar-refractivity contribution in [2.45, 2.75) is 38.0 Å². The van der Waals surface area contributed by atoms with Gasteiger partial charge in [-0.15, -0.1) is 0 Å². The van der Waals surface area contributed by atoms with Gasteiger partial charge in [0.15, 0.2) is 5.96 Å². The highest BCUT2D eigenvalue weighted by atomic mass is 19.4. The molecule has 140 valence electrons. The van der Waals surface area contributed by atoms with Gasteiger partial charge in [-0.3, -0.25) is 4.99 Å². The van der Waals surface area contributed by atoms with Gasteiger partial charge in [0.1, 0.15) is 0 Å². The van der Waals surface area contributed by atoms with Crippen molar-refractivity contribution in [3.05, 3.63) is 0 Å². The molecule has 2 aliphatic rings. The molecular weight excluding hydrogens is 321 g/mol. The van der Waals surface area contributed by atoms with Crippen LogP contribution in [0.15, 0.2) is 4.99 Å². The van der Waals surface area contributed by atoms with Crippen molar-refractivity contribution in [3.8, 4) is 0 Å². The van der Waals surface area contributed by atoms with E-state index >= 15 is 0 Å². The fourth-order valence-corrected chi connectivity index (χ4v) is 3.36. The molecule has 1 unspecified atom stereocenters. The number of aliphatic imine (C=N–C) groups is 1. The summed E-state index contributed by atoms with van der Waals surface area (Å²) >= 11 is 0. The van der Waals surface area contributed by atoms with Crippen molar-refractivity contribution in [1.82, 2.24) is 15.5 Å². The fourth-order valence-electron chi connectivity index (χ4n) is 3.36. The highest BCUT2D eigenvalue weighted by Gasteiger charge is 2.41. The number of nitrogens with one attached hydrogen (secondary N) is 2. The van der Waals surface area contributed by atoms with Gasteiger partial charge < -0.3 is 20.3 Å². The van der Waals surface area contributed by atoms with Crippen LogP contribution >= 0.6 is 0 Å². The van der Waals surface area contributed by atoms with E-state index in [1.807, 2.05) is 0 Å². The first-order valence-electron chi connectivity index (χ1n) is 8.70. The number of alkyl halides is 3. The van der Waals surface area contributed by atoms with Gasteiger partial charge in [0, 0.05) is 33.2 Å². The Labute approximate surface area is 142 Å². The Morgan fingerprint density at radius 1 is 1.17 bits per heavy atom. The highest BCUT2D eigenvalue weighted by molar-refractivity contribution is 5.79. The van der Waals surface area contributed by atoms with E-state index in [9.17, 15) is 13.2 Å². The minimum atomic E-state index is -4.04. The molecule has 0 spiro atoms. The van der Waals surface area contributed by atoms with Crippen LogP contribution in [0.4, 0.5) is 13.2 Å². The number of ether oxygens (including phenoxy) is 1. The molecule has 8 heteroatoms. The molecule has 0 amide bonds. The second-order valence-corrected chi connectivity index (χ2v) is 6.85. The quantitative estimate of drug-likeness (QED) is 0.600. The lowest BCUT2D eigenvalue weighted by Gasteiger charge is -2.31. The van der Waals surface area contributed by atoms with E-state index in [0.29, 0.717) is 31.9 Å². The van der Waals surface area contributed by atoms with Crippen LogP contribution in [0.5, 0.6) is 0 Å². The van der Waals surface area contributed by atoms with Gasteiger partial charge in [-0.1, -0.05) is 0 Å². The van der Waals surface area contributed by atoms with Crippen molar-refractivity contribution in [2.24, 2.45) is 16.8 Å². The molecule has 0 bridgehead atoms. The van der Waals surface area contributed by atoms with Gasteiger partial charge in [0.2, 0.25) is 0 Å². The highest BCUT2D eigenvalue weighted by Crippen LogP contribution is 2.39. The maximum Gasteiger partial charge on any atom is 0.391 e. The Balaban J connectivity index is 1.65. The molecule has 2 N–H and O–H groups in total. The normalized spacial score (nSPS) is 30.2. The first kappa shape index (κ1) is 19.3. The summed E-state index contributed by atoms with van der Waals surface area (Å²) < 4.78 is 43.7. The van der Waals surface area contributed by atoms with Crippen LogP contribution in [0.25, 0.3) is 0 Å². The smallest absolute Gasteiger partial charge is 0.374 e. The largest absolute Gasteiger partial charge is 0.391 e. The summed E-state index contributed by atoms with van der Waals surface area (Å²) in [6.45, 7) is 3.90. The second kappa shape index (κ2) is 8.89. The summed E-state index contributed by atoms with van der Waals surface area (Å²) in [5, 5.41) is 6.47. The average molecular weight is 350 g/mol. The third-order valence-corrected chi connectivity index (χ3v) is 4.93. The lowest BCUT2D eigenvalue weighted by atomic mass is 9.81. The number of halogens is 3. The van der Waals surface area contributed by atoms with E-state index in [4.69, 9.17) is 4.74 Å². The first-order chi connectivity index (χ1) is 11.4. The number of hydrogen-bond acceptors (Lipinski definition) is 3. The number of nitrogens with zero attached hydrogens (tertiary/aromatic N) is 2. The van der Waals surface area contributed by atoms with Gasteiger partial charge in [-0.2, -0.15) is 13.2 Å². The van der Waals surface area contributed by atoms with Crippen LogP contribution in [-0.4, -0.2) is 70.0 Å². The third-order valence-electron chi connectivity index (χ3n) is 4.93. The molecule has 1 heterocycles. The standard InChI is InChI=1S/C16H29F3N4O/c1-20-15(22-10-14-11-23(2)7-8-24-14)21-9-12-3-5-13(6-4-12)16(17,18)19/h12-14H,3-11H2,1-2H3,(H2,20,21,22). The molecule has 0 aromatic heterocycles. The van der Waals surface area contributed by atoms with Gasteiger partial charge in [-0.25, -0.2) is 0 Å². The molecule has 24 heavy (non-hydrogen) atoms. The minimum absolute atomic E-state index is 0.129. The predicted octanol–water partition coefficient (Wildman–Crippen LogP) is 1.85. The van der Waals surface area contributed by atoms with Crippen molar-refractivity contribution in [1.29, 1.82) is 0 Å². The summed E-state index contributed by atoms with van der Waals surface area (Å²) in [5.74, 6) is -0.157. The SMILES string of the molecule is CN=C(NCC1CCC(C(F)(F)F)CC1)NCC1CN(C)CCO1. The molecule has 2 rings (SSSR count). The maximum absolute atomic E-state index is 12.7. The Morgan fingerprint density at radius 2 is 1.83 bits per heavy atom. The van der Waals surface area contributed by atoms with Crippen molar-refractivity contribution < 1.29 is 17.9 Å². The zero-order valence-corrected chi connectivity index (χ0v) is 14.5. The van der Waals surface area contributed by atoms with Crippen LogP contribution in [0, 0.1) is 11.8 Å². The number of hydrogen-bond donors (Lipinski definition) is 2. The maximum atomic E-state index is 12.7. The van der Waals surface area contributed by atoms with Gasteiger partial charge in [0.25, 0.3) is 0 Å². The molecule has 2 fully saturated rings. The Hall–Kier alpha value is -1.02. The van der Waals surface area contributed by atoms with Gasteiger partial charge in [0.05, 0.1) is 18.6 Å². The molecular formula is C16H29F3N4O. The predicted molar refractivity (Wildman–Crippen MR) is 88.1 cm³/mol. The molecule has 1 saturated carbocycles. The Kier molecular flexibility index (Phi) is 7.16. The van der Waals surface area contributed by atoms with E-state index in [1.54, 1.807) is 7.05 Å². The number of guanidine groups is 1. The van der Waals surface area contributed by atoms with Crippen molar-refractivity contribution >= 4 is 5.96 Å². The molecule has 1 aliphatic carbocycles. The number of rotatable bonds is 4. The monoisotopic (exact) mass is 350 g/mol. The van der Waals surface area contributed by atoms with Crippen LogP contribution < -0.4 is 10.6 Å². The van der Waals surface area contributed by atoms with Gasteiger partial charge >= 0.3 is 6.18 Å². The van der Waals surface area contributed by atoms with E-state index in [0.717, 1.165) is 19.7 Å². The Morgan fingerprint density at radius 3 is 2.42 bits per heavy atom. The summed E-state index contributed by atoms with van der Waals surface area (Å²) in [6, 6.07) is 0. The fraction of sp³-hybridized carbons (Fsp3) is 0.938. The number of morpholine rings is 1. The summed E-state index contributed by atoms with van der Waals surface area (Å²) in [7, 11) is 3.77. The van der Waals surface area contributed by atoms with Gasteiger partial charge in [-0.05, 0) is 38.6 Å². The first-order valence-corrected chi connectivity index (χ1v) is 8.70. The zero-order valence-electron chi connectivity index (χ0n) is 14.5. The zero-order chi connectivity index (χ0) is 17.6. The van der Waals surface area contributed by atoms with Crippen molar-refractivity contribution in [3.63, 3.8) is 0 Å². The molecule has 1 saturated heterocycles. The molecule has 0 radical (unpaired) electrons. The number of likely N-dealkylation sites (N-methyl/N-ethyl adjacent to an activating group) is 1. The van der Waals surface area contributed by atoms with E-state index in [-0.39, 0.29) is 24.9 Å². The Bertz CT molecular complexity index is 409. The summed E-state index contributed by atoms with van der Waals surface area (Å²) in [5.41, 5.74) is 0. The second-order valence-electron chi connectivity index (χ2n) is 6.85. The average Bonchev–Trinajstić information content (AvgIpc) is 2.55.